The summed E-state index contributed by atoms with van der Waals surface area (Å²) in [6.07, 6.45) is 6.56. The fourth-order valence-electron chi connectivity index (χ4n) is 1.82. The molecule has 1 fully saturated rings. The van der Waals surface area contributed by atoms with E-state index >= 15 is 0 Å². The first-order valence-electron chi connectivity index (χ1n) is 5.42. The predicted octanol–water partition coefficient (Wildman–Crippen LogP) is 1.82. The molecule has 0 aliphatic heterocycles. The summed E-state index contributed by atoms with van der Waals surface area (Å²) in [7, 11) is 0. The van der Waals surface area contributed by atoms with Crippen molar-refractivity contribution in [3.05, 3.63) is 0 Å². The van der Waals surface area contributed by atoms with Gasteiger partial charge in [0, 0.05) is 6.61 Å². The number of nitrogens with zero attached hydrogens (tertiary/aromatic N) is 1. The van der Waals surface area contributed by atoms with E-state index < -0.39 is 5.54 Å². The molecule has 1 aliphatic rings. The zero-order valence-electron chi connectivity index (χ0n) is 8.96. The number of nitriles is 1. The maximum atomic E-state index is 8.68. The van der Waals surface area contributed by atoms with Gasteiger partial charge in [0.2, 0.25) is 0 Å². The zero-order chi connectivity index (χ0) is 10.4. The third-order valence-electron chi connectivity index (χ3n) is 2.74. The fourth-order valence-corrected chi connectivity index (χ4v) is 1.82. The van der Waals surface area contributed by atoms with Crippen molar-refractivity contribution >= 4 is 0 Å². The third-order valence-corrected chi connectivity index (χ3v) is 2.74. The molecule has 1 saturated carbocycles. The van der Waals surface area contributed by atoms with Crippen LogP contribution in [0.1, 0.15) is 39.0 Å². The van der Waals surface area contributed by atoms with Crippen molar-refractivity contribution < 1.29 is 4.74 Å². The Hall–Kier alpha value is -0.590. The first-order chi connectivity index (χ1) is 6.64. The molecule has 2 N–H and O–H groups in total. The largest absolute Gasteiger partial charge is 0.378 e. The molecule has 3 nitrogen and oxygen atoms in total. The molecule has 0 saturated heterocycles. The predicted molar refractivity (Wildman–Crippen MR) is 55.6 cm³/mol. The Morgan fingerprint density at radius 1 is 1.43 bits per heavy atom. The van der Waals surface area contributed by atoms with Gasteiger partial charge in [-0.15, -0.1) is 0 Å². The molecule has 1 unspecified atom stereocenters. The highest BCUT2D eigenvalue weighted by molar-refractivity contribution is 5.00. The first kappa shape index (κ1) is 11.5. The second-order valence-corrected chi connectivity index (χ2v) is 4.55. The van der Waals surface area contributed by atoms with Crippen molar-refractivity contribution in [1.82, 2.24) is 0 Å². The van der Waals surface area contributed by atoms with Gasteiger partial charge in [-0.05, 0) is 25.7 Å². The van der Waals surface area contributed by atoms with Crippen LogP contribution in [-0.2, 0) is 4.74 Å². The molecule has 0 aromatic carbocycles. The Labute approximate surface area is 86.2 Å². The van der Waals surface area contributed by atoms with E-state index in [-0.39, 0.29) is 0 Å². The van der Waals surface area contributed by atoms with E-state index in [9.17, 15) is 0 Å². The molecule has 0 radical (unpaired) electrons. The lowest BCUT2D eigenvalue weighted by Gasteiger charge is -2.23. The lowest BCUT2D eigenvalue weighted by molar-refractivity contribution is 0.0666. The van der Waals surface area contributed by atoms with Gasteiger partial charge in [0.25, 0.3) is 0 Å². The molecule has 0 spiro atoms. The van der Waals surface area contributed by atoms with Crippen molar-refractivity contribution in [2.45, 2.75) is 44.6 Å². The van der Waals surface area contributed by atoms with Crippen LogP contribution in [0.4, 0.5) is 0 Å². The summed E-state index contributed by atoms with van der Waals surface area (Å²) in [5.74, 6) is 0.693. The molecule has 0 aromatic rings. The van der Waals surface area contributed by atoms with Gasteiger partial charge in [-0.1, -0.05) is 19.3 Å². The lowest BCUT2D eigenvalue weighted by Crippen LogP contribution is -2.40. The average Bonchev–Trinajstić information content (AvgIpc) is 2.19. The molecule has 1 atom stereocenters. The maximum Gasteiger partial charge on any atom is 0.124 e. The number of rotatable bonds is 4. The zero-order valence-corrected chi connectivity index (χ0v) is 8.96. The Morgan fingerprint density at radius 2 is 2.07 bits per heavy atom. The van der Waals surface area contributed by atoms with Crippen LogP contribution in [0.3, 0.4) is 0 Å². The van der Waals surface area contributed by atoms with Gasteiger partial charge < -0.3 is 10.5 Å². The Morgan fingerprint density at radius 3 is 2.64 bits per heavy atom. The van der Waals surface area contributed by atoms with Crippen LogP contribution in [0.2, 0.25) is 0 Å². The average molecular weight is 196 g/mol. The van der Waals surface area contributed by atoms with Crippen molar-refractivity contribution in [1.29, 1.82) is 5.26 Å². The van der Waals surface area contributed by atoms with Crippen LogP contribution in [0.15, 0.2) is 0 Å². The van der Waals surface area contributed by atoms with Crippen molar-refractivity contribution in [2.75, 3.05) is 13.2 Å². The van der Waals surface area contributed by atoms with E-state index in [0.717, 1.165) is 6.61 Å². The van der Waals surface area contributed by atoms with Crippen LogP contribution in [0.5, 0.6) is 0 Å². The smallest absolute Gasteiger partial charge is 0.124 e. The summed E-state index contributed by atoms with van der Waals surface area (Å²) in [5.41, 5.74) is 4.82. The van der Waals surface area contributed by atoms with Crippen LogP contribution in [-0.4, -0.2) is 18.8 Å². The molecule has 0 bridgehead atoms. The van der Waals surface area contributed by atoms with E-state index in [1.807, 2.05) is 6.07 Å². The van der Waals surface area contributed by atoms with E-state index in [2.05, 4.69) is 0 Å². The van der Waals surface area contributed by atoms with E-state index in [1.165, 1.54) is 32.1 Å². The first-order valence-corrected chi connectivity index (χ1v) is 5.42. The quantitative estimate of drug-likeness (QED) is 0.746. The number of nitrogens with two attached hydrogens (primary N) is 1. The van der Waals surface area contributed by atoms with Gasteiger partial charge in [-0.2, -0.15) is 5.26 Å². The SMILES string of the molecule is CC(N)(C#N)COCC1CCCCC1. The lowest BCUT2D eigenvalue weighted by atomic mass is 9.90. The Balaban J connectivity index is 2.12. The normalized spacial score (nSPS) is 22.6. The molecule has 3 heteroatoms. The molecular weight excluding hydrogens is 176 g/mol. The number of hydrogen-bond acceptors (Lipinski definition) is 3. The minimum atomic E-state index is -0.825. The summed E-state index contributed by atoms with van der Waals surface area (Å²) in [5, 5.41) is 8.68. The van der Waals surface area contributed by atoms with E-state index in [0.29, 0.717) is 12.5 Å². The van der Waals surface area contributed by atoms with E-state index in [4.69, 9.17) is 15.7 Å². The molecule has 80 valence electrons. The van der Waals surface area contributed by atoms with Gasteiger partial charge in [0.15, 0.2) is 0 Å². The molecule has 14 heavy (non-hydrogen) atoms. The Bertz CT molecular complexity index is 202. The van der Waals surface area contributed by atoms with Gasteiger partial charge in [-0.25, -0.2) is 0 Å². The van der Waals surface area contributed by atoms with Crippen molar-refractivity contribution in [3.8, 4) is 6.07 Å². The minimum absolute atomic E-state index is 0.347. The van der Waals surface area contributed by atoms with Crippen LogP contribution in [0.25, 0.3) is 0 Å². The summed E-state index contributed by atoms with van der Waals surface area (Å²) in [6, 6.07) is 2.03. The topological polar surface area (TPSA) is 59.0 Å². The highest BCUT2D eigenvalue weighted by Crippen LogP contribution is 2.23. The Kier molecular flexibility index (Phi) is 4.37. The van der Waals surface area contributed by atoms with Gasteiger partial charge in [0.05, 0.1) is 12.7 Å². The highest BCUT2D eigenvalue weighted by Gasteiger charge is 2.19. The molecule has 0 amide bonds. The van der Waals surface area contributed by atoms with Crippen molar-refractivity contribution in [3.63, 3.8) is 0 Å². The fraction of sp³-hybridized carbons (Fsp3) is 0.909. The second kappa shape index (κ2) is 5.33. The summed E-state index contributed by atoms with van der Waals surface area (Å²) >= 11 is 0. The third kappa shape index (κ3) is 4.08. The summed E-state index contributed by atoms with van der Waals surface area (Å²) < 4.78 is 5.48. The summed E-state index contributed by atoms with van der Waals surface area (Å²) in [4.78, 5) is 0. The summed E-state index contributed by atoms with van der Waals surface area (Å²) in [6.45, 7) is 2.82. The molecular formula is C11H20N2O. The molecule has 1 aliphatic carbocycles. The van der Waals surface area contributed by atoms with Crippen LogP contribution >= 0.6 is 0 Å². The minimum Gasteiger partial charge on any atom is -0.378 e. The monoisotopic (exact) mass is 196 g/mol. The van der Waals surface area contributed by atoms with Gasteiger partial charge >= 0.3 is 0 Å². The molecule has 0 heterocycles. The number of ether oxygens (including phenoxy) is 1. The molecule has 0 aromatic heterocycles. The van der Waals surface area contributed by atoms with Gasteiger partial charge in [0.1, 0.15) is 5.54 Å². The second-order valence-electron chi connectivity index (χ2n) is 4.55. The highest BCUT2D eigenvalue weighted by atomic mass is 16.5. The standard InChI is InChI=1S/C11H20N2O/c1-11(13,8-12)9-14-7-10-5-3-2-4-6-10/h10H,2-7,9,13H2,1H3. The maximum absolute atomic E-state index is 8.68. The number of hydrogen-bond donors (Lipinski definition) is 1. The van der Waals surface area contributed by atoms with Crippen molar-refractivity contribution in [2.24, 2.45) is 11.7 Å². The van der Waals surface area contributed by atoms with Crippen LogP contribution < -0.4 is 5.73 Å². The van der Waals surface area contributed by atoms with E-state index in [1.54, 1.807) is 6.92 Å². The van der Waals surface area contributed by atoms with Crippen LogP contribution in [0, 0.1) is 17.2 Å². The molecule has 1 rings (SSSR count). The van der Waals surface area contributed by atoms with Gasteiger partial charge in [-0.3, -0.25) is 0 Å².